The standard InChI is InChI=1S/C11H15N3O2/c1-8-7-16-5-4-14(8)11(15)9-2-3-10(12)13-6-9/h2-3,6,8H,4-5,7H2,1H3,(H2,12,13). The third kappa shape index (κ3) is 2.14. The van der Waals surface area contributed by atoms with Gasteiger partial charge in [0.1, 0.15) is 5.82 Å². The van der Waals surface area contributed by atoms with Gasteiger partial charge in [-0.1, -0.05) is 0 Å². The van der Waals surface area contributed by atoms with Crippen LogP contribution in [0.25, 0.3) is 0 Å². The second-order valence-corrected chi connectivity index (χ2v) is 3.89. The zero-order valence-electron chi connectivity index (χ0n) is 9.22. The normalized spacial score (nSPS) is 20.8. The summed E-state index contributed by atoms with van der Waals surface area (Å²) in [5, 5.41) is 0. The van der Waals surface area contributed by atoms with Gasteiger partial charge in [0.2, 0.25) is 0 Å². The largest absolute Gasteiger partial charge is 0.384 e. The molecule has 0 saturated carbocycles. The highest BCUT2D eigenvalue weighted by atomic mass is 16.5. The van der Waals surface area contributed by atoms with Gasteiger partial charge in [-0.25, -0.2) is 4.98 Å². The molecular weight excluding hydrogens is 206 g/mol. The number of nitrogen functional groups attached to an aromatic ring is 1. The number of aromatic nitrogens is 1. The number of nitrogens with zero attached hydrogens (tertiary/aromatic N) is 2. The Labute approximate surface area is 94.2 Å². The molecule has 1 fully saturated rings. The molecular formula is C11H15N3O2. The minimum Gasteiger partial charge on any atom is -0.384 e. The minimum absolute atomic E-state index is 0.0108. The smallest absolute Gasteiger partial charge is 0.255 e. The van der Waals surface area contributed by atoms with Crippen LogP contribution in [0.5, 0.6) is 0 Å². The first-order chi connectivity index (χ1) is 7.68. The summed E-state index contributed by atoms with van der Waals surface area (Å²) in [5.41, 5.74) is 6.05. The van der Waals surface area contributed by atoms with Crippen molar-refractivity contribution in [3.63, 3.8) is 0 Å². The van der Waals surface area contributed by atoms with Crippen LogP contribution >= 0.6 is 0 Å². The Bertz CT molecular complexity index is 377. The Balaban J connectivity index is 2.14. The van der Waals surface area contributed by atoms with Gasteiger partial charge >= 0.3 is 0 Å². The van der Waals surface area contributed by atoms with Crippen molar-refractivity contribution in [2.24, 2.45) is 0 Å². The third-order valence-corrected chi connectivity index (χ3v) is 2.66. The zero-order chi connectivity index (χ0) is 11.5. The van der Waals surface area contributed by atoms with Crippen molar-refractivity contribution < 1.29 is 9.53 Å². The number of amides is 1. The topological polar surface area (TPSA) is 68.5 Å². The second kappa shape index (κ2) is 4.49. The number of ether oxygens (including phenoxy) is 1. The van der Waals surface area contributed by atoms with Gasteiger partial charge in [-0.15, -0.1) is 0 Å². The van der Waals surface area contributed by atoms with Crippen molar-refractivity contribution in [3.8, 4) is 0 Å². The highest BCUT2D eigenvalue weighted by Crippen LogP contribution is 2.12. The number of hydrogen-bond donors (Lipinski definition) is 1. The molecule has 1 unspecified atom stereocenters. The molecule has 0 aromatic carbocycles. The van der Waals surface area contributed by atoms with Gasteiger partial charge in [0, 0.05) is 12.7 Å². The van der Waals surface area contributed by atoms with E-state index in [9.17, 15) is 4.79 Å². The van der Waals surface area contributed by atoms with Crippen LogP contribution < -0.4 is 5.73 Å². The molecule has 5 nitrogen and oxygen atoms in total. The van der Waals surface area contributed by atoms with Crippen molar-refractivity contribution in [3.05, 3.63) is 23.9 Å². The predicted molar refractivity (Wildman–Crippen MR) is 60.0 cm³/mol. The molecule has 1 aliphatic rings. The fraction of sp³-hybridized carbons (Fsp3) is 0.455. The lowest BCUT2D eigenvalue weighted by atomic mass is 10.2. The second-order valence-electron chi connectivity index (χ2n) is 3.89. The summed E-state index contributed by atoms with van der Waals surface area (Å²) in [5.74, 6) is 0.412. The van der Waals surface area contributed by atoms with Crippen LogP contribution in [0.2, 0.25) is 0 Å². The predicted octanol–water partition coefficient (Wildman–Crippen LogP) is 0.525. The Morgan fingerprint density at radius 2 is 2.44 bits per heavy atom. The fourth-order valence-corrected chi connectivity index (χ4v) is 1.73. The molecule has 5 heteroatoms. The van der Waals surface area contributed by atoms with Crippen molar-refractivity contribution in [2.75, 3.05) is 25.5 Å². The molecule has 1 aromatic rings. The summed E-state index contributed by atoms with van der Waals surface area (Å²) >= 11 is 0. The molecule has 2 N–H and O–H groups in total. The molecule has 1 saturated heterocycles. The van der Waals surface area contributed by atoms with E-state index in [4.69, 9.17) is 10.5 Å². The number of carbonyl (C=O) groups is 1. The van der Waals surface area contributed by atoms with Crippen LogP contribution in [0.1, 0.15) is 17.3 Å². The minimum atomic E-state index is -0.0108. The van der Waals surface area contributed by atoms with E-state index in [-0.39, 0.29) is 11.9 Å². The molecule has 1 aromatic heterocycles. The monoisotopic (exact) mass is 221 g/mol. The SMILES string of the molecule is CC1COCCN1C(=O)c1ccc(N)nc1. The van der Waals surface area contributed by atoms with Crippen LogP contribution in [0.15, 0.2) is 18.3 Å². The zero-order valence-corrected chi connectivity index (χ0v) is 9.22. The van der Waals surface area contributed by atoms with Gasteiger partial charge in [0.05, 0.1) is 24.8 Å². The first kappa shape index (κ1) is 10.9. The van der Waals surface area contributed by atoms with E-state index >= 15 is 0 Å². The van der Waals surface area contributed by atoms with E-state index < -0.39 is 0 Å². The Hall–Kier alpha value is -1.62. The summed E-state index contributed by atoms with van der Waals surface area (Å²) in [7, 11) is 0. The Morgan fingerprint density at radius 1 is 1.62 bits per heavy atom. The highest BCUT2D eigenvalue weighted by Gasteiger charge is 2.24. The molecule has 0 aliphatic carbocycles. The van der Waals surface area contributed by atoms with Crippen molar-refractivity contribution >= 4 is 11.7 Å². The maximum absolute atomic E-state index is 12.1. The van der Waals surface area contributed by atoms with E-state index in [2.05, 4.69) is 4.98 Å². The summed E-state index contributed by atoms with van der Waals surface area (Å²) in [4.78, 5) is 17.8. The van der Waals surface area contributed by atoms with Crippen LogP contribution in [0.4, 0.5) is 5.82 Å². The lowest BCUT2D eigenvalue weighted by Gasteiger charge is -2.33. The maximum Gasteiger partial charge on any atom is 0.255 e. The average Bonchev–Trinajstić information content (AvgIpc) is 2.30. The number of anilines is 1. The van der Waals surface area contributed by atoms with Gasteiger partial charge in [-0.3, -0.25) is 4.79 Å². The molecule has 0 spiro atoms. The van der Waals surface area contributed by atoms with Gasteiger partial charge in [0.15, 0.2) is 0 Å². The molecule has 16 heavy (non-hydrogen) atoms. The maximum atomic E-state index is 12.1. The summed E-state index contributed by atoms with van der Waals surface area (Å²) in [6.07, 6.45) is 1.51. The molecule has 1 atom stereocenters. The molecule has 0 bridgehead atoms. The number of nitrogens with two attached hydrogens (primary N) is 1. The van der Waals surface area contributed by atoms with Crippen molar-refractivity contribution in [2.45, 2.75) is 13.0 Å². The van der Waals surface area contributed by atoms with E-state index in [1.807, 2.05) is 6.92 Å². The number of carbonyl (C=O) groups excluding carboxylic acids is 1. The molecule has 1 amide bonds. The molecule has 2 rings (SSSR count). The first-order valence-electron chi connectivity index (χ1n) is 5.28. The van der Waals surface area contributed by atoms with Gasteiger partial charge in [-0.2, -0.15) is 0 Å². The van der Waals surface area contributed by atoms with E-state index in [0.717, 1.165) is 0 Å². The van der Waals surface area contributed by atoms with Gasteiger partial charge < -0.3 is 15.4 Å². The lowest BCUT2D eigenvalue weighted by molar-refractivity contribution is 0.00357. The van der Waals surface area contributed by atoms with Crippen molar-refractivity contribution in [1.29, 1.82) is 0 Å². The van der Waals surface area contributed by atoms with E-state index in [1.54, 1.807) is 17.0 Å². The van der Waals surface area contributed by atoms with Crippen molar-refractivity contribution in [1.82, 2.24) is 9.88 Å². The number of morpholine rings is 1. The average molecular weight is 221 g/mol. The summed E-state index contributed by atoms with van der Waals surface area (Å²) in [6.45, 7) is 3.79. The number of hydrogen-bond acceptors (Lipinski definition) is 4. The van der Waals surface area contributed by atoms with Crippen LogP contribution in [-0.4, -0.2) is 41.6 Å². The molecule has 2 heterocycles. The Kier molecular flexibility index (Phi) is 3.05. The summed E-state index contributed by atoms with van der Waals surface area (Å²) < 4.78 is 5.29. The Morgan fingerprint density at radius 3 is 3.06 bits per heavy atom. The third-order valence-electron chi connectivity index (χ3n) is 2.66. The molecule has 1 aliphatic heterocycles. The van der Waals surface area contributed by atoms with Gasteiger partial charge in [0.25, 0.3) is 5.91 Å². The van der Waals surface area contributed by atoms with Crippen LogP contribution in [0, 0.1) is 0 Å². The summed E-state index contributed by atoms with van der Waals surface area (Å²) in [6, 6.07) is 3.45. The number of pyridine rings is 1. The first-order valence-corrected chi connectivity index (χ1v) is 5.28. The van der Waals surface area contributed by atoms with Gasteiger partial charge in [-0.05, 0) is 19.1 Å². The molecule has 86 valence electrons. The number of rotatable bonds is 1. The van der Waals surface area contributed by atoms with Crippen LogP contribution in [-0.2, 0) is 4.74 Å². The molecule has 0 radical (unpaired) electrons. The highest BCUT2D eigenvalue weighted by molar-refractivity contribution is 5.94. The van der Waals surface area contributed by atoms with E-state index in [1.165, 1.54) is 6.20 Å². The lowest BCUT2D eigenvalue weighted by Crippen LogP contribution is -2.47. The van der Waals surface area contributed by atoms with Crippen LogP contribution in [0.3, 0.4) is 0 Å². The fourth-order valence-electron chi connectivity index (χ4n) is 1.73. The quantitative estimate of drug-likeness (QED) is 0.750. The van der Waals surface area contributed by atoms with E-state index in [0.29, 0.717) is 31.1 Å².